The zero-order valence-electron chi connectivity index (χ0n) is 12.7. The van der Waals surface area contributed by atoms with Crippen molar-refractivity contribution < 1.29 is 9.72 Å². The Labute approximate surface area is 139 Å². The number of rotatable bonds is 6. The van der Waals surface area contributed by atoms with Gasteiger partial charge in [0.1, 0.15) is 0 Å². The van der Waals surface area contributed by atoms with Gasteiger partial charge in [-0.2, -0.15) is 0 Å². The zero-order valence-corrected chi connectivity index (χ0v) is 13.4. The molecule has 0 spiro atoms. The number of nitrogens with zero attached hydrogens (tertiary/aromatic N) is 1. The Balaban J connectivity index is 1.98. The molecule has 0 saturated carbocycles. The molecule has 2 rings (SSSR count). The fourth-order valence-corrected chi connectivity index (χ4v) is 2.41. The van der Waals surface area contributed by atoms with Crippen LogP contribution in [0.1, 0.15) is 29.3 Å². The van der Waals surface area contributed by atoms with Gasteiger partial charge in [0.2, 0.25) is 0 Å². The van der Waals surface area contributed by atoms with E-state index < -0.39 is 10.8 Å². The number of nitro benzene ring substituents is 1. The van der Waals surface area contributed by atoms with E-state index in [2.05, 4.69) is 5.32 Å². The molecule has 0 aliphatic rings. The minimum Gasteiger partial charge on any atom is -0.350 e. The maximum absolute atomic E-state index is 12.2. The monoisotopic (exact) mass is 332 g/mol. The number of nitro groups is 1. The molecule has 5 nitrogen and oxygen atoms in total. The number of hydrogen-bond donors (Lipinski definition) is 1. The van der Waals surface area contributed by atoms with Crippen molar-refractivity contribution in [2.24, 2.45) is 0 Å². The van der Waals surface area contributed by atoms with Crippen LogP contribution in [0.3, 0.4) is 0 Å². The van der Waals surface area contributed by atoms with Crippen LogP contribution in [0, 0.1) is 10.1 Å². The number of nitrogens with one attached hydrogen (secondary N) is 1. The Kier molecular flexibility index (Phi) is 5.71. The first kappa shape index (κ1) is 17.0. The molecule has 2 aromatic rings. The van der Waals surface area contributed by atoms with Crippen molar-refractivity contribution in [1.29, 1.82) is 0 Å². The summed E-state index contributed by atoms with van der Waals surface area (Å²) in [5, 5.41) is 13.8. The molecule has 0 bridgehead atoms. The maximum Gasteiger partial charge on any atom is 0.270 e. The van der Waals surface area contributed by atoms with Crippen molar-refractivity contribution in [3.05, 3.63) is 74.8 Å². The maximum atomic E-state index is 12.2. The molecule has 6 heteroatoms. The van der Waals surface area contributed by atoms with Crippen LogP contribution in [0.5, 0.6) is 0 Å². The molecular formula is C17H17ClN2O3. The van der Waals surface area contributed by atoms with E-state index in [0.29, 0.717) is 0 Å². The number of halogens is 1. The summed E-state index contributed by atoms with van der Waals surface area (Å²) in [6.07, 6.45) is 1.60. The molecule has 1 N–H and O–H groups in total. The second-order valence-corrected chi connectivity index (χ2v) is 5.73. The summed E-state index contributed by atoms with van der Waals surface area (Å²) in [7, 11) is 0. The highest BCUT2D eigenvalue weighted by molar-refractivity contribution is 6.33. The smallest absolute Gasteiger partial charge is 0.270 e. The van der Waals surface area contributed by atoms with E-state index in [-0.39, 0.29) is 22.3 Å². The second-order valence-electron chi connectivity index (χ2n) is 5.32. The molecule has 0 aliphatic heterocycles. The van der Waals surface area contributed by atoms with Gasteiger partial charge in [-0.1, -0.05) is 41.9 Å². The van der Waals surface area contributed by atoms with Crippen molar-refractivity contribution in [2.75, 3.05) is 0 Å². The fourth-order valence-electron chi connectivity index (χ4n) is 2.20. The molecule has 2 aromatic carbocycles. The van der Waals surface area contributed by atoms with Crippen LogP contribution in [-0.2, 0) is 6.42 Å². The third-order valence-electron chi connectivity index (χ3n) is 3.49. The lowest BCUT2D eigenvalue weighted by Gasteiger charge is -2.14. The minimum atomic E-state index is -0.550. The van der Waals surface area contributed by atoms with Crippen LogP contribution in [-0.4, -0.2) is 16.9 Å². The summed E-state index contributed by atoms with van der Waals surface area (Å²) in [6.45, 7) is 1.89. The molecule has 1 unspecified atom stereocenters. The second kappa shape index (κ2) is 7.74. The van der Waals surface area contributed by atoms with Crippen LogP contribution in [0.25, 0.3) is 0 Å². The molecule has 1 atom stereocenters. The van der Waals surface area contributed by atoms with Crippen LogP contribution in [0.4, 0.5) is 5.69 Å². The van der Waals surface area contributed by atoms with Gasteiger partial charge in [-0.25, -0.2) is 0 Å². The van der Waals surface area contributed by atoms with Gasteiger partial charge in [0.05, 0.1) is 15.5 Å². The zero-order chi connectivity index (χ0) is 16.8. The van der Waals surface area contributed by atoms with Crippen LogP contribution in [0.2, 0.25) is 5.02 Å². The van der Waals surface area contributed by atoms with Gasteiger partial charge in [-0.15, -0.1) is 0 Å². The van der Waals surface area contributed by atoms with Gasteiger partial charge in [-0.05, 0) is 31.4 Å². The predicted octanol–water partition coefficient (Wildman–Crippen LogP) is 4.00. The van der Waals surface area contributed by atoms with Crippen molar-refractivity contribution in [1.82, 2.24) is 5.32 Å². The highest BCUT2D eigenvalue weighted by Crippen LogP contribution is 2.22. The molecule has 1 amide bonds. The van der Waals surface area contributed by atoms with Gasteiger partial charge >= 0.3 is 0 Å². The molecular weight excluding hydrogens is 316 g/mol. The Hall–Kier alpha value is -2.40. The van der Waals surface area contributed by atoms with Crippen molar-refractivity contribution in [3.63, 3.8) is 0 Å². The topological polar surface area (TPSA) is 72.2 Å². The van der Waals surface area contributed by atoms with E-state index in [1.807, 2.05) is 37.3 Å². The van der Waals surface area contributed by atoms with Crippen molar-refractivity contribution >= 4 is 23.2 Å². The van der Waals surface area contributed by atoms with E-state index in [1.165, 1.54) is 23.8 Å². The van der Waals surface area contributed by atoms with Gasteiger partial charge < -0.3 is 5.32 Å². The minimum absolute atomic E-state index is 0.0713. The summed E-state index contributed by atoms with van der Waals surface area (Å²) >= 11 is 5.97. The summed E-state index contributed by atoms with van der Waals surface area (Å²) in [4.78, 5) is 22.5. The number of hydrogen-bond acceptors (Lipinski definition) is 3. The molecule has 0 radical (unpaired) electrons. The number of aryl methyl sites for hydroxylation is 1. The van der Waals surface area contributed by atoms with Gasteiger partial charge in [-0.3, -0.25) is 14.9 Å². The van der Waals surface area contributed by atoms with E-state index >= 15 is 0 Å². The molecule has 0 heterocycles. The Morgan fingerprint density at radius 3 is 2.61 bits per heavy atom. The van der Waals surface area contributed by atoms with E-state index in [4.69, 9.17) is 11.6 Å². The molecule has 0 saturated heterocycles. The van der Waals surface area contributed by atoms with E-state index in [0.717, 1.165) is 12.8 Å². The Morgan fingerprint density at radius 2 is 1.96 bits per heavy atom. The first-order valence-corrected chi connectivity index (χ1v) is 7.64. The Bertz CT molecular complexity index is 704. The van der Waals surface area contributed by atoms with Gasteiger partial charge in [0.15, 0.2) is 0 Å². The van der Waals surface area contributed by atoms with E-state index in [1.54, 1.807) is 0 Å². The first-order valence-electron chi connectivity index (χ1n) is 7.26. The molecule has 0 fully saturated rings. The Morgan fingerprint density at radius 1 is 1.26 bits per heavy atom. The molecule has 0 aromatic heterocycles. The fraction of sp³-hybridized carbons (Fsp3) is 0.235. The number of carbonyl (C=O) groups excluding carboxylic acids is 1. The molecule has 23 heavy (non-hydrogen) atoms. The highest BCUT2D eigenvalue weighted by atomic mass is 35.5. The first-order chi connectivity index (χ1) is 11.0. The summed E-state index contributed by atoms with van der Waals surface area (Å²) in [5.74, 6) is -0.403. The van der Waals surface area contributed by atoms with Crippen molar-refractivity contribution in [2.45, 2.75) is 25.8 Å². The third-order valence-corrected chi connectivity index (χ3v) is 3.82. The standard InChI is InChI=1S/C17H17ClN2O3/c1-12(7-8-13-5-3-2-4-6-13)19-17(21)15-11-14(20(22)23)9-10-16(15)18/h2-6,9-12H,7-8H2,1H3,(H,19,21). The van der Waals surface area contributed by atoms with Gasteiger partial charge in [0, 0.05) is 18.2 Å². The lowest BCUT2D eigenvalue weighted by atomic mass is 10.1. The average Bonchev–Trinajstić information content (AvgIpc) is 2.54. The third kappa shape index (κ3) is 4.79. The lowest BCUT2D eigenvalue weighted by Crippen LogP contribution is -2.33. The number of carbonyl (C=O) groups is 1. The number of amides is 1. The number of benzene rings is 2. The van der Waals surface area contributed by atoms with Crippen LogP contribution >= 0.6 is 11.6 Å². The van der Waals surface area contributed by atoms with Crippen LogP contribution < -0.4 is 5.32 Å². The summed E-state index contributed by atoms with van der Waals surface area (Å²) in [5.41, 5.74) is 1.16. The van der Waals surface area contributed by atoms with Crippen molar-refractivity contribution in [3.8, 4) is 0 Å². The number of non-ortho nitro benzene ring substituents is 1. The molecule has 0 aliphatic carbocycles. The van der Waals surface area contributed by atoms with Gasteiger partial charge in [0.25, 0.3) is 11.6 Å². The normalized spacial score (nSPS) is 11.7. The van der Waals surface area contributed by atoms with Crippen LogP contribution in [0.15, 0.2) is 48.5 Å². The van der Waals surface area contributed by atoms with E-state index in [9.17, 15) is 14.9 Å². The summed E-state index contributed by atoms with van der Waals surface area (Å²) < 4.78 is 0. The largest absolute Gasteiger partial charge is 0.350 e. The lowest BCUT2D eigenvalue weighted by molar-refractivity contribution is -0.384. The predicted molar refractivity (Wildman–Crippen MR) is 89.8 cm³/mol. The summed E-state index contributed by atoms with van der Waals surface area (Å²) in [6, 6.07) is 13.7. The molecule has 120 valence electrons. The average molecular weight is 333 g/mol. The quantitative estimate of drug-likeness (QED) is 0.642. The SMILES string of the molecule is CC(CCc1ccccc1)NC(=O)c1cc([N+](=O)[O-])ccc1Cl. The highest BCUT2D eigenvalue weighted by Gasteiger charge is 2.17.